The van der Waals surface area contributed by atoms with Gasteiger partial charge in [0.2, 0.25) is 5.91 Å². The summed E-state index contributed by atoms with van der Waals surface area (Å²) in [7, 11) is 0. The zero-order valence-electron chi connectivity index (χ0n) is 14.7. The summed E-state index contributed by atoms with van der Waals surface area (Å²) in [6, 6.07) is 8.17. The Morgan fingerprint density at radius 3 is 2.00 bits per heavy atom. The van der Waals surface area contributed by atoms with Crippen molar-refractivity contribution < 1.29 is 9.59 Å². The van der Waals surface area contributed by atoms with E-state index in [-0.39, 0.29) is 17.6 Å². The lowest BCUT2D eigenvalue weighted by atomic mass is 9.89. The van der Waals surface area contributed by atoms with Gasteiger partial charge in [0.15, 0.2) is 5.78 Å². The molecule has 0 unspecified atom stereocenters. The Morgan fingerprint density at radius 1 is 0.875 bits per heavy atom. The van der Waals surface area contributed by atoms with Crippen molar-refractivity contribution in [1.82, 2.24) is 4.90 Å². The Hall–Kier alpha value is -1.84. The molecular weight excluding hydrogens is 300 g/mol. The fourth-order valence-electron chi connectivity index (χ4n) is 3.86. The van der Waals surface area contributed by atoms with Gasteiger partial charge in [0.25, 0.3) is 0 Å². The van der Waals surface area contributed by atoms with E-state index in [1.54, 1.807) is 6.92 Å². The standard InChI is InChI=1S/C20H28N2O2/c1-16(23)21-14-10-18(11-15-21)20(24)17-6-8-19(9-7-17)22-12-4-2-3-5-13-22/h6-9,18H,2-5,10-15H2,1H3. The highest BCUT2D eigenvalue weighted by molar-refractivity contribution is 5.98. The first-order valence-corrected chi connectivity index (χ1v) is 9.30. The van der Waals surface area contributed by atoms with Crippen molar-refractivity contribution >= 4 is 17.4 Å². The fraction of sp³-hybridized carbons (Fsp3) is 0.600. The lowest BCUT2D eigenvalue weighted by molar-refractivity contribution is -0.130. The van der Waals surface area contributed by atoms with E-state index >= 15 is 0 Å². The van der Waals surface area contributed by atoms with Gasteiger partial charge < -0.3 is 9.80 Å². The Labute approximate surface area is 144 Å². The maximum absolute atomic E-state index is 12.7. The van der Waals surface area contributed by atoms with Crippen LogP contribution in [0.15, 0.2) is 24.3 Å². The predicted molar refractivity (Wildman–Crippen MR) is 96.4 cm³/mol. The molecule has 4 heteroatoms. The zero-order valence-corrected chi connectivity index (χ0v) is 14.7. The van der Waals surface area contributed by atoms with Crippen LogP contribution < -0.4 is 4.90 Å². The van der Waals surface area contributed by atoms with Gasteiger partial charge in [0.05, 0.1) is 0 Å². The molecule has 2 fully saturated rings. The van der Waals surface area contributed by atoms with Gasteiger partial charge in [-0.15, -0.1) is 0 Å². The summed E-state index contributed by atoms with van der Waals surface area (Å²) in [6.45, 7) is 5.26. The lowest BCUT2D eigenvalue weighted by Gasteiger charge is -2.30. The fourth-order valence-corrected chi connectivity index (χ4v) is 3.86. The van der Waals surface area contributed by atoms with Crippen LogP contribution in [0.25, 0.3) is 0 Å². The van der Waals surface area contributed by atoms with Crippen LogP contribution in [0.4, 0.5) is 5.69 Å². The third-order valence-electron chi connectivity index (χ3n) is 5.43. The molecule has 2 aliphatic heterocycles. The Morgan fingerprint density at radius 2 is 1.46 bits per heavy atom. The van der Waals surface area contributed by atoms with Gasteiger partial charge >= 0.3 is 0 Å². The summed E-state index contributed by atoms with van der Waals surface area (Å²) in [6.07, 6.45) is 6.74. The van der Waals surface area contributed by atoms with Crippen molar-refractivity contribution in [3.63, 3.8) is 0 Å². The number of piperidine rings is 1. The number of hydrogen-bond acceptors (Lipinski definition) is 3. The summed E-state index contributed by atoms with van der Waals surface area (Å²) in [5.41, 5.74) is 2.05. The van der Waals surface area contributed by atoms with Crippen LogP contribution >= 0.6 is 0 Å². The van der Waals surface area contributed by atoms with Crippen molar-refractivity contribution in [2.24, 2.45) is 5.92 Å². The van der Waals surface area contributed by atoms with Gasteiger partial charge in [-0.1, -0.05) is 12.8 Å². The molecule has 1 amide bonds. The van der Waals surface area contributed by atoms with E-state index in [9.17, 15) is 9.59 Å². The number of nitrogens with zero attached hydrogens (tertiary/aromatic N) is 2. The molecule has 0 aromatic heterocycles. The van der Waals surface area contributed by atoms with E-state index in [1.807, 2.05) is 17.0 Å². The van der Waals surface area contributed by atoms with E-state index < -0.39 is 0 Å². The number of carbonyl (C=O) groups is 2. The van der Waals surface area contributed by atoms with E-state index in [4.69, 9.17) is 0 Å². The number of amides is 1. The molecular formula is C20H28N2O2. The number of ketones is 1. The molecule has 2 saturated heterocycles. The quantitative estimate of drug-likeness (QED) is 0.797. The van der Waals surface area contributed by atoms with E-state index in [0.29, 0.717) is 13.1 Å². The van der Waals surface area contributed by atoms with Crippen molar-refractivity contribution in [2.75, 3.05) is 31.1 Å². The lowest BCUT2D eigenvalue weighted by Crippen LogP contribution is -2.39. The first-order valence-electron chi connectivity index (χ1n) is 9.30. The van der Waals surface area contributed by atoms with Gasteiger partial charge in [-0.05, 0) is 49.9 Å². The number of rotatable bonds is 3. The summed E-state index contributed by atoms with van der Waals surface area (Å²) in [4.78, 5) is 28.4. The van der Waals surface area contributed by atoms with Crippen molar-refractivity contribution in [3.05, 3.63) is 29.8 Å². The number of benzene rings is 1. The second kappa shape index (κ2) is 7.82. The minimum Gasteiger partial charge on any atom is -0.372 e. The molecule has 0 radical (unpaired) electrons. The number of Topliss-reactive ketones (excluding diaryl/α,β-unsaturated/α-hetero) is 1. The third-order valence-corrected chi connectivity index (χ3v) is 5.43. The highest BCUT2D eigenvalue weighted by Crippen LogP contribution is 2.24. The predicted octanol–water partition coefficient (Wildman–Crippen LogP) is 3.51. The molecule has 4 nitrogen and oxygen atoms in total. The minimum absolute atomic E-state index is 0.0598. The molecule has 24 heavy (non-hydrogen) atoms. The summed E-state index contributed by atoms with van der Waals surface area (Å²) >= 11 is 0. The number of hydrogen-bond donors (Lipinski definition) is 0. The van der Waals surface area contributed by atoms with E-state index in [1.165, 1.54) is 31.4 Å². The van der Waals surface area contributed by atoms with Gasteiger partial charge in [-0.2, -0.15) is 0 Å². The summed E-state index contributed by atoms with van der Waals surface area (Å²) < 4.78 is 0. The van der Waals surface area contributed by atoms with Gasteiger partial charge in [-0.3, -0.25) is 9.59 Å². The number of carbonyl (C=O) groups excluding carboxylic acids is 2. The molecule has 0 spiro atoms. The monoisotopic (exact) mass is 328 g/mol. The summed E-state index contributed by atoms with van der Waals surface area (Å²) in [5, 5.41) is 0. The minimum atomic E-state index is 0.0598. The zero-order chi connectivity index (χ0) is 16.9. The van der Waals surface area contributed by atoms with Crippen LogP contribution in [0, 0.1) is 5.92 Å². The first-order chi connectivity index (χ1) is 11.6. The normalized spacial score (nSPS) is 19.9. The van der Waals surface area contributed by atoms with E-state index in [0.717, 1.165) is 31.5 Å². The van der Waals surface area contributed by atoms with Crippen LogP contribution in [-0.2, 0) is 4.79 Å². The molecule has 2 heterocycles. The van der Waals surface area contributed by atoms with Crippen molar-refractivity contribution in [1.29, 1.82) is 0 Å². The van der Waals surface area contributed by atoms with Crippen LogP contribution in [0.5, 0.6) is 0 Å². The second-order valence-electron chi connectivity index (χ2n) is 7.09. The van der Waals surface area contributed by atoms with Crippen molar-refractivity contribution in [2.45, 2.75) is 45.4 Å². The second-order valence-corrected chi connectivity index (χ2v) is 7.09. The average Bonchev–Trinajstić information content (AvgIpc) is 2.91. The van der Waals surface area contributed by atoms with Crippen LogP contribution in [0.1, 0.15) is 55.8 Å². The van der Waals surface area contributed by atoms with Crippen LogP contribution in [-0.4, -0.2) is 42.8 Å². The molecule has 130 valence electrons. The molecule has 1 aromatic carbocycles. The summed E-state index contributed by atoms with van der Waals surface area (Å²) in [5.74, 6) is 0.410. The Bertz CT molecular complexity index is 566. The van der Waals surface area contributed by atoms with Crippen LogP contribution in [0.3, 0.4) is 0 Å². The molecule has 0 N–H and O–H groups in total. The smallest absolute Gasteiger partial charge is 0.219 e. The highest BCUT2D eigenvalue weighted by atomic mass is 16.2. The highest BCUT2D eigenvalue weighted by Gasteiger charge is 2.26. The molecule has 0 aliphatic carbocycles. The molecule has 0 saturated carbocycles. The van der Waals surface area contributed by atoms with Gasteiger partial charge in [0.1, 0.15) is 0 Å². The SMILES string of the molecule is CC(=O)N1CCC(C(=O)c2ccc(N3CCCCCC3)cc2)CC1. The molecule has 0 bridgehead atoms. The number of anilines is 1. The first kappa shape index (κ1) is 17.0. The maximum atomic E-state index is 12.7. The van der Waals surface area contributed by atoms with Crippen LogP contribution in [0.2, 0.25) is 0 Å². The topological polar surface area (TPSA) is 40.6 Å². The van der Waals surface area contributed by atoms with Crippen molar-refractivity contribution in [3.8, 4) is 0 Å². The Kier molecular flexibility index (Phi) is 5.54. The molecule has 2 aliphatic rings. The number of likely N-dealkylation sites (tertiary alicyclic amines) is 1. The molecule has 1 aromatic rings. The average molecular weight is 328 g/mol. The van der Waals surface area contributed by atoms with E-state index in [2.05, 4.69) is 17.0 Å². The third kappa shape index (κ3) is 3.97. The van der Waals surface area contributed by atoms with Gasteiger partial charge in [0, 0.05) is 50.3 Å². The maximum Gasteiger partial charge on any atom is 0.219 e. The largest absolute Gasteiger partial charge is 0.372 e. The Balaban J connectivity index is 1.61. The molecule has 3 rings (SSSR count). The van der Waals surface area contributed by atoms with Gasteiger partial charge in [-0.25, -0.2) is 0 Å². The molecule has 0 atom stereocenters.